The van der Waals surface area contributed by atoms with Gasteiger partial charge in [-0.25, -0.2) is 0 Å². The quantitative estimate of drug-likeness (QED) is 0.594. The fraction of sp³-hybridized carbons (Fsp3) is 0.304. The molecule has 0 unspecified atom stereocenters. The van der Waals surface area contributed by atoms with Crippen LogP contribution in [0.5, 0.6) is 0 Å². The average Bonchev–Trinajstić information content (AvgIpc) is 2.59. The van der Waals surface area contributed by atoms with E-state index in [1.165, 1.54) is 16.7 Å². The smallest absolute Gasteiger partial charge is 0.118 e. The molecule has 0 heterocycles. The molecule has 0 aliphatic rings. The van der Waals surface area contributed by atoms with Gasteiger partial charge in [0.15, 0.2) is 0 Å². The zero-order valence-corrected chi connectivity index (χ0v) is 16.0. The van der Waals surface area contributed by atoms with Gasteiger partial charge >= 0.3 is 0 Å². The number of hydrogen-bond donors (Lipinski definition) is 2. The van der Waals surface area contributed by atoms with Crippen LogP contribution in [0.4, 0.5) is 0 Å². The van der Waals surface area contributed by atoms with Gasteiger partial charge in [-0.15, -0.1) is 0 Å². The van der Waals surface area contributed by atoms with Crippen molar-refractivity contribution in [1.82, 2.24) is 0 Å². The Morgan fingerprint density at radius 2 is 1.20 bits per heavy atom. The van der Waals surface area contributed by atoms with E-state index in [0.29, 0.717) is 11.5 Å². The summed E-state index contributed by atoms with van der Waals surface area (Å²) >= 11 is 0. The van der Waals surface area contributed by atoms with Crippen LogP contribution in [-0.4, -0.2) is 10.2 Å². The summed E-state index contributed by atoms with van der Waals surface area (Å²) in [4.78, 5) is 0. The molecule has 0 spiro atoms. The van der Waals surface area contributed by atoms with Crippen LogP contribution in [0, 0.1) is 20.8 Å². The Balaban J connectivity index is 0.000000251. The third-order valence-electron chi connectivity index (χ3n) is 3.94. The van der Waals surface area contributed by atoms with Gasteiger partial charge in [0.25, 0.3) is 0 Å². The summed E-state index contributed by atoms with van der Waals surface area (Å²) in [5.74, 6) is 0.753. The summed E-state index contributed by atoms with van der Waals surface area (Å²) in [6.45, 7) is 10.2. The van der Waals surface area contributed by atoms with Crippen molar-refractivity contribution in [2.45, 2.75) is 47.5 Å². The summed E-state index contributed by atoms with van der Waals surface area (Å²) < 4.78 is 0. The Labute approximate surface area is 152 Å². The second-order valence-electron chi connectivity index (χ2n) is 6.16. The molecule has 25 heavy (non-hydrogen) atoms. The SMILES string of the molecule is CCC=C(O)c1ccc(C)c(C)c1.CCC=C(O)c1ccc(C)cc1. The van der Waals surface area contributed by atoms with E-state index in [9.17, 15) is 10.2 Å². The fourth-order valence-electron chi connectivity index (χ4n) is 2.25. The van der Waals surface area contributed by atoms with E-state index < -0.39 is 0 Å². The van der Waals surface area contributed by atoms with Crippen molar-refractivity contribution in [3.05, 3.63) is 82.4 Å². The lowest BCUT2D eigenvalue weighted by molar-refractivity contribution is 0.509. The number of aliphatic hydroxyl groups is 2. The van der Waals surface area contributed by atoms with E-state index >= 15 is 0 Å². The summed E-state index contributed by atoms with van der Waals surface area (Å²) in [5.41, 5.74) is 5.48. The zero-order valence-electron chi connectivity index (χ0n) is 16.0. The Kier molecular flexibility index (Phi) is 8.55. The van der Waals surface area contributed by atoms with Gasteiger partial charge in [-0.1, -0.05) is 55.8 Å². The Morgan fingerprint density at radius 3 is 1.68 bits per heavy atom. The lowest BCUT2D eigenvalue weighted by Gasteiger charge is -2.04. The molecule has 2 heteroatoms. The van der Waals surface area contributed by atoms with Gasteiger partial charge in [0.05, 0.1) is 0 Å². The fourth-order valence-corrected chi connectivity index (χ4v) is 2.25. The maximum absolute atomic E-state index is 9.60. The summed E-state index contributed by atoms with van der Waals surface area (Å²) in [7, 11) is 0. The molecule has 0 aliphatic heterocycles. The van der Waals surface area contributed by atoms with Crippen molar-refractivity contribution >= 4 is 11.5 Å². The normalized spacial score (nSPS) is 11.7. The monoisotopic (exact) mass is 338 g/mol. The van der Waals surface area contributed by atoms with Crippen molar-refractivity contribution < 1.29 is 10.2 Å². The lowest BCUT2D eigenvalue weighted by Crippen LogP contribution is -1.86. The van der Waals surface area contributed by atoms with Crippen LogP contribution < -0.4 is 0 Å². The van der Waals surface area contributed by atoms with E-state index in [-0.39, 0.29) is 0 Å². The highest BCUT2D eigenvalue weighted by Gasteiger charge is 1.99. The standard InChI is InChI=1S/C12H16O.C11H14O/c1-4-5-12(13)11-7-6-9(2)10(3)8-11;1-3-4-11(12)10-7-5-9(2)6-8-10/h5-8,13H,4H2,1-3H3;4-8,12H,3H2,1-2H3. The van der Waals surface area contributed by atoms with Crippen molar-refractivity contribution in [3.63, 3.8) is 0 Å². The second kappa shape index (κ2) is 10.4. The first-order valence-corrected chi connectivity index (χ1v) is 8.81. The number of allylic oxidation sites excluding steroid dienone is 2. The average molecular weight is 338 g/mol. The molecule has 2 N–H and O–H groups in total. The summed E-state index contributed by atoms with van der Waals surface area (Å²) in [5, 5.41) is 19.1. The summed E-state index contributed by atoms with van der Waals surface area (Å²) in [6.07, 6.45) is 5.35. The van der Waals surface area contributed by atoms with Crippen LogP contribution in [0.1, 0.15) is 54.5 Å². The second-order valence-corrected chi connectivity index (χ2v) is 6.16. The van der Waals surface area contributed by atoms with Gasteiger partial charge in [0.2, 0.25) is 0 Å². The van der Waals surface area contributed by atoms with Crippen LogP contribution in [0.2, 0.25) is 0 Å². The topological polar surface area (TPSA) is 40.5 Å². The van der Waals surface area contributed by atoms with Crippen LogP contribution >= 0.6 is 0 Å². The number of rotatable bonds is 4. The zero-order chi connectivity index (χ0) is 18.8. The van der Waals surface area contributed by atoms with E-state index in [2.05, 4.69) is 13.8 Å². The first kappa shape index (κ1) is 20.6. The largest absolute Gasteiger partial charge is 0.508 e. The highest BCUT2D eigenvalue weighted by molar-refractivity contribution is 5.59. The molecule has 0 aromatic heterocycles. The van der Waals surface area contributed by atoms with Crippen LogP contribution in [0.3, 0.4) is 0 Å². The molecule has 0 saturated carbocycles. The number of hydrogen-bond acceptors (Lipinski definition) is 2. The van der Waals surface area contributed by atoms with Crippen LogP contribution in [0.25, 0.3) is 11.5 Å². The molecule has 0 saturated heterocycles. The predicted octanol–water partition coefficient (Wildman–Crippen LogP) is 6.92. The molecule has 2 nitrogen and oxygen atoms in total. The maximum Gasteiger partial charge on any atom is 0.118 e. The first-order chi connectivity index (χ1) is 11.9. The van der Waals surface area contributed by atoms with Crippen LogP contribution in [-0.2, 0) is 0 Å². The highest BCUT2D eigenvalue weighted by Crippen LogP contribution is 2.16. The van der Waals surface area contributed by atoms with E-state index in [0.717, 1.165) is 24.0 Å². The van der Waals surface area contributed by atoms with Crippen molar-refractivity contribution in [3.8, 4) is 0 Å². The maximum atomic E-state index is 9.60. The van der Waals surface area contributed by atoms with Gasteiger partial charge in [-0.3, -0.25) is 0 Å². The van der Waals surface area contributed by atoms with Gasteiger partial charge < -0.3 is 10.2 Å². The molecule has 2 rings (SSSR count). The number of aryl methyl sites for hydroxylation is 3. The molecule has 0 amide bonds. The highest BCUT2D eigenvalue weighted by atomic mass is 16.3. The molecular weight excluding hydrogens is 308 g/mol. The molecular formula is C23H30O2. The van der Waals surface area contributed by atoms with Gasteiger partial charge in [0.1, 0.15) is 11.5 Å². The molecule has 0 aliphatic carbocycles. The van der Waals surface area contributed by atoms with Gasteiger partial charge in [-0.2, -0.15) is 0 Å². The molecule has 134 valence electrons. The number of benzene rings is 2. The minimum atomic E-state index is 0.373. The van der Waals surface area contributed by atoms with Gasteiger partial charge in [-0.05, 0) is 63.0 Å². The minimum absolute atomic E-state index is 0.373. The number of aliphatic hydroxyl groups excluding tert-OH is 2. The molecule has 0 radical (unpaired) electrons. The molecule has 0 bridgehead atoms. The van der Waals surface area contributed by atoms with E-state index in [1.807, 2.05) is 75.4 Å². The van der Waals surface area contributed by atoms with Crippen molar-refractivity contribution in [1.29, 1.82) is 0 Å². The summed E-state index contributed by atoms with van der Waals surface area (Å²) in [6, 6.07) is 13.8. The van der Waals surface area contributed by atoms with Crippen molar-refractivity contribution in [2.24, 2.45) is 0 Å². The third-order valence-corrected chi connectivity index (χ3v) is 3.94. The van der Waals surface area contributed by atoms with Crippen LogP contribution in [0.15, 0.2) is 54.6 Å². The molecule has 0 atom stereocenters. The first-order valence-electron chi connectivity index (χ1n) is 8.81. The third kappa shape index (κ3) is 6.88. The molecule has 0 fully saturated rings. The lowest BCUT2D eigenvalue weighted by atomic mass is 10.0. The van der Waals surface area contributed by atoms with E-state index in [1.54, 1.807) is 0 Å². The Morgan fingerprint density at radius 1 is 0.720 bits per heavy atom. The Bertz CT molecular complexity index is 722. The Hall–Kier alpha value is -2.48. The molecule has 2 aromatic carbocycles. The molecule has 2 aromatic rings. The minimum Gasteiger partial charge on any atom is -0.508 e. The van der Waals surface area contributed by atoms with E-state index in [4.69, 9.17) is 0 Å². The van der Waals surface area contributed by atoms with Gasteiger partial charge in [0, 0.05) is 11.1 Å². The predicted molar refractivity (Wildman–Crippen MR) is 109 cm³/mol. The van der Waals surface area contributed by atoms with Crippen molar-refractivity contribution in [2.75, 3.05) is 0 Å².